The lowest BCUT2D eigenvalue weighted by Crippen LogP contribution is -2.50. The van der Waals surface area contributed by atoms with Crippen molar-refractivity contribution in [1.82, 2.24) is 19.8 Å². The number of amides is 3. The highest BCUT2D eigenvalue weighted by Crippen LogP contribution is 2.36. The maximum Gasteiger partial charge on any atom is 0.329 e. The van der Waals surface area contributed by atoms with E-state index in [4.69, 9.17) is 16.3 Å². The van der Waals surface area contributed by atoms with Crippen LogP contribution in [0.2, 0.25) is 5.02 Å². The van der Waals surface area contributed by atoms with E-state index < -0.39 is 6.03 Å². The van der Waals surface area contributed by atoms with Crippen molar-refractivity contribution in [1.29, 1.82) is 0 Å². The van der Waals surface area contributed by atoms with Gasteiger partial charge in [-0.1, -0.05) is 29.8 Å². The number of benzene rings is 2. The number of carbonyl (C=O) groups excluding carboxylic acids is 2. The lowest BCUT2D eigenvalue weighted by molar-refractivity contribution is -0.120. The van der Waals surface area contributed by atoms with Crippen molar-refractivity contribution >= 4 is 29.4 Å². The van der Waals surface area contributed by atoms with Gasteiger partial charge in [0.1, 0.15) is 17.5 Å². The van der Waals surface area contributed by atoms with Gasteiger partial charge in [-0.15, -0.1) is 0 Å². The molecule has 0 spiro atoms. The van der Waals surface area contributed by atoms with Gasteiger partial charge in [0.2, 0.25) is 5.91 Å². The van der Waals surface area contributed by atoms with Crippen LogP contribution < -0.4 is 10.2 Å². The molecule has 1 aromatic heterocycles. The lowest BCUT2D eigenvalue weighted by atomic mass is 9.82. The number of imide groups is 1. The monoisotopic (exact) mass is 537 g/mol. The molecule has 3 heterocycles. The zero-order chi connectivity index (χ0) is 26.4. The fraction of sp³-hybridized carbons (Fsp3) is 0.393. The van der Waals surface area contributed by atoms with Gasteiger partial charge in [-0.2, -0.15) is 0 Å². The van der Waals surface area contributed by atoms with Crippen molar-refractivity contribution in [2.24, 2.45) is 13.0 Å². The Bertz CT molecular complexity index is 1380. The van der Waals surface area contributed by atoms with E-state index >= 15 is 0 Å². The third-order valence-electron chi connectivity index (χ3n) is 7.78. The maximum absolute atomic E-state index is 14.0. The number of rotatable bonds is 7. The first-order valence-corrected chi connectivity index (χ1v) is 13.3. The molecule has 3 amide bonds. The van der Waals surface area contributed by atoms with Crippen LogP contribution in [-0.4, -0.2) is 45.6 Å². The minimum atomic E-state index is -0.417. The molecular formula is C28H29ClFN5O3. The van der Waals surface area contributed by atoms with Crippen molar-refractivity contribution in [2.75, 3.05) is 18.0 Å². The Labute approximate surface area is 225 Å². The Kier molecular flexibility index (Phi) is 6.67. The maximum atomic E-state index is 14.0. The number of halogens is 2. The Hall–Kier alpha value is -3.27. The average Bonchev–Trinajstić information content (AvgIpc) is 3.44. The molecule has 1 N–H and O–H groups in total. The van der Waals surface area contributed by atoms with Crippen molar-refractivity contribution in [3.63, 3.8) is 0 Å². The van der Waals surface area contributed by atoms with E-state index in [1.165, 1.54) is 17.2 Å². The molecule has 2 aromatic carbocycles. The van der Waals surface area contributed by atoms with E-state index in [2.05, 4.69) is 33.4 Å². The van der Waals surface area contributed by atoms with Gasteiger partial charge in [0, 0.05) is 55.8 Å². The predicted octanol–water partition coefficient (Wildman–Crippen LogP) is 4.64. The molecule has 1 saturated heterocycles. The largest absolute Gasteiger partial charge is 0.373 e. The van der Waals surface area contributed by atoms with Crippen molar-refractivity contribution in [3.05, 3.63) is 70.1 Å². The number of fused-ring (bicyclic) bond motifs is 1. The standard InChI is InChI=1S/C28H29ClFN5O3/c1-33-26(35-8-7-25(36)32-28(35)37)12-31-27(33)18-5-6-19-14-34(15-20(19)11-18)13-17-9-21(10-17)38-16-22-23(29)3-2-4-24(22)30/h2-6,11-12,17,21H,7-10,13-16H2,1H3,(H,32,36,37). The van der Waals surface area contributed by atoms with Gasteiger partial charge in [0.15, 0.2) is 0 Å². The van der Waals surface area contributed by atoms with Gasteiger partial charge in [0.25, 0.3) is 0 Å². The van der Waals surface area contributed by atoms with Crippen LogP contribution in [0.4, 0.5) is 15.0 Å². The molecular weight excluding hydrogens is 509 g/mol. The molecule has 6 rings (SSSR count). The summed E-state index contributed by atoms with van der Waals surface area (Å²) in [5.41, 5.74) is 4.03. The molecule has 1 aliphatic carbocycles. The van der Waals surface area contributed by atoms with E-state index in [-0.39, 0.29) is 30.9 Å². The first kappa shape index (κ1) is 25.0. The minimum absolute atomic E-state index is 0.143. The quantitative estimate of drug-likeness (QED) is 0.475. The van der Waals surface area contributed by atoms with Gasteiger partial charge >= 0.3 is 6.03 Å². The third-order valence-corrected chi connectivity index (χ3v) is 8.13. The van der Waals surface area contributed by atoms with E-state index in [0.29, 0.717) is 28.9 Å². The second-order valence-electron chi connectivity index (χ2n) is 10.4. The highest BCUT2D eigenvalue weighted by atomic mass is 35.5. The highest BCUT2D eigenvalue weighted by molar-refractivity contribution is 6.31. The number of carbonyl (C=O) groups is 2. The molecule has 2 aliphatic heterocycles. The number of anilines is 1. The van der Waals surface area contributed by atoms with Gasteiger partial charge < -0.3 is 9.30 Å². The number of ether oxygens (including phenoxy) is 1. The van der Waals surface area contributed by atoms with E-state index in [1.54, 1.807) is 23.2 Å². The van der Waals surface area contributed by atoms with E-state index in [0.717, 1.165) is 43.9 Å². The number of nitrogens with zero attached hydrogens (tertiary/aromatic N) is 4. The Balaban J connectivity index is 1.04. The number of hydrogen-bond acceptors (Lipinski definition) is 5. The number of hydrogen-bond donors (Lipinski definition) is 1. The molecule has 3 aromatic rings. The summed E-state index contributed by atoms with van der Waals surface area (Å²) < 4.78 is 21.8. The Morgan fingerprint density at radius 3 is 2.76 bits per heavy atom. The fourth-order valence-corrected chi connectivity index (χ4v) is 5.85. The summed E-state index contributed by atoms with van der Waals surface area (Å²) in [4.78, 5) is 32.4. The molecule has 2 fully saturated rings. The van der Waals surface area contributed by atoms with Crippen LogP contribution in [0, 0.1) is 11.7 Å². The van der Waals surface area contributed by atoms with Crippen LogP contribution in [0.1, 0.15) is 36.0 Å². The van der Waals surface area contributed by atoms with Crippen LogP contribution in [0.25, 0.3) is 11.4 Å². The van der Waals surface area contributed by atoms with Gasteiger partial charge in [0.05, 0.1) is 18.9 Å². The molecule has 0 radical (unpaired) electrons. The molecule has 198 valence electrons. The van der Waals surface area contributed by atoms with Crippen LogP contribution in [0.5, 0.6) is 0 Å². The highest BCUT2D eigenvalue weighted by Gasteiger charge is 2.33. The summed E-state index contributed by atoms with van der Waals surface area (Å²) in [6.45, 7) is 3.34. The first-order valence-electron chi connectivity index (χ1n) is 12.9. The van der Waals surface area contributed by atoms with E-state index in [1.807, 2.05) is 11.6 Å². The van der Waals surface area contributed by atoms with Crippen molar-refractivity contribution in [2.45, 2.75) is 45.1 Å². The molecule has 0 bridgehead atoms. The van der Waals surface area contributed by atoms with Gasteiger partial charge in [-0.05, 0) is 48.1 Å². The summed E-state index contributed by atoms with van der Waals surface area (Å²) in [6, 6.07) is 10.7. The molecule has 0 unspecified atom stereocenters. The average molecular weight is 538 g/mol. The SMILES string of the molecule is Cn1c(N2CCC(=O)NC2=O)cnc1-c1ccc2c(c1)CN(CC1CC(OCc3c(F)cccc3Cl)C1)C2. The smallest absolute Gasteiger partial charge is 0.329 e. The van der Waals surface area contributed by atoms with Crippen LogP contribution in [-0.2, 0) is 36.3 Å². The van der Waals surface area contributed by atoms with E-state index in [9.17, 15) is 14.0 Å². The Morgan fingerprint density at radius 1 is 1.16 bits per heavy atom. The minimum Gasteiger partial charge on any atom is -0.373 e. The van der Waals surface area contributed by atoms with Crippen molar-refractivity contribution < 1.29 is 18.7 Å². The van der Waals surface area contributed by atoms with Crippen molar-refractivity contribution in [3.8, 4) is 11.4 Å². The number of urea groups is 1. The normalized spacial score (nSPS) is 21.4. The topological polar surface area (TPSA) is 79.7 Å². The zero-order valence-electron chi connectivity index (χ0n) is 21.1. The molecule has 1 saturated carbocycles. The van der Waals surface area contributed by atoms with Crippen LogP contribution in [0.3, 0.4) is 0 Å². The van der Waals surface area contributed by atoms with Crippen LogP contribution in [0.15, 0.2) is 42.6 Å². The van der Waals surface area contributed by atoms with Gasteiger partial charge in [-0.3, -0.25) is 19.9 Å². The second kappa shape index (κ2) is 10.1. The summed E-state index contributed by atoms with van der Waals surface area (Å²) in [5.74, 6) is 1.42. The summed E-state index contributed by atoms with van der Waals surface area (Å²) in [7, 11) is 1.89. The lowest BCUT2D eigenvalue weighted by Gasteiger charge is -2.37. The fourth-order valence-electron chi connectivity index (χ4n) is 5.63. The molecule has 8 nitrogen and oxygen atoms in total. The van der Waals surface area contributed by atoms with Gasteiger partial charge in [-0.25, -0.2) is 14.2 Å². The molecule has 10 heteroatoms. The third kappa shape index (κ3) is 4.81. The molecule has 3 aliphatic rings. The number of imidazole rings is 1. The summed E-state index contributed by atoms with van der Waals surface area (Å²) >= 11 is 6.11. The number of aromatic nitrogens is 2. The Morgan fingerprint density at radius 2 is 1.97 bits per heavy atom. The summed E-state index contributed by atoms with van der Waals surface area (Å²) in [5, 5.41) is 2.77. The molecule has 38 heavy (non-hydrogen) atoms. The zero-order valence-corrected chi connectivity index (χ0v) is 21.9. The second-order valence-corrected chi connectivity index (χ2v) is 10.8. The number of nitrogens with one attached hydrogen (secondary N) is 1. The predicted molar refractivity (Wildman–Crippen MR) is 141 cm³/mol. The molecule has 0 atom stereocenters. The first-order chi connectivity index (χ1) is 18.4. The summed E-state index contributed by atoms with van der Waals surface area (Å²) in [6.07, 6.45) is 4.03. The van der Waals surface area contributed by atoms with Crippen LogP contribution >= 0.6 is 11.6 Å².